The lowest BCUT2D eigenvalue weighted by atomic mass is 10.1. The van der Waals surface area contributed by atoms with Crippen LogP contribution in [0.1, 0.15) is 11.3 Å². The van der Waals surface area contributed by atoms with Crippen LogP contribution in [0.2, 0.25) is 5.02 Å². The van der Waals surface area contributed by atoms with Gasteiger partial charge in [-0.2, -0.15) is 0 Å². The number of benzene rings is 2. The molecule has 2 aromatic carbocycles. The van der Waals surface area contributed by atoms with Gasteiger partial charge in [-0.05, 0) is 42.8 Å². The second kappa shape index (κ2) is 6.26. The summed E-state index contributed by atoms with van der Waals surface area (Å²) in [5.41, 5.74) is 4.05. The van der Waals surface area contributed by atoms with Crippen molar-refractivity contribution >= 4 is 39.8 Å². The van der Waals surface area contributed by atoms with Gasteiger partial charge in [-0.25, -0.2) is 0 Å². The van der Waals surface area contributed by atoms with Gasteiger partial charge in [0.1, 0.15) is 0 Å². The minimum absolute atomic E-state index is 0.112. The maximum Gasteiger partial charge on any atom is 0.309 e. The number of anilines is 2. The molecule has 1 heterocycles. The van der Waals surface area contributed by atoms with Crippen LogP contribution < -0.4 is 5.32 Å². The van der Waals surface area contributed by atoms with E-state index in [1.54, 1.807) is 6.07 Å². The molecule has 2 N–H and O–H groups in total. The molecule has 1 aromatic heterocycles. The molecule has 0 radical (unpaired) electrons. The first kappa shape index (κ1) is 15.3. The standard InChI is InChI=1S/C18H15ClN2O2/c1-11-8-12(19)6-7-15(11)21-17-9-13(10-18(22)23)20-16-5-3-2-4-14(16)17/h2-9H,10H2,1H3,(H,20,21)(H,22,23). The highest BCUT2D eigenvalue weighted by molar-refractivity contribution is 6.30. The number of hydrogen-bond acceptors (Lipinski definition) is 3. The SMILES string of the molecule is Cc1cc(Cl)ccc1Nc1cc(CC(=O)O)nc2ccccc12. The van der Waals surface area contributed by atoms with Crippen molar-refractivity contribution in [1.29, 1.82) is 0 Å². The number of carboxylic acid groups (broad SMARTS) is 1. The topological polar surface area (TPSA) is 62.2 Å². The monoisotopic (exact) mass is 326 g/mol. The first-order valence-corrected chi connectivity index (χ1v) is 7.54. The Morgan fingerprint density at radius 1 is 1.17 bits per heavy atom. The van der Waals surface area contributed by atoms with Crippen LogP contribution >= 0.6 is 11.6 Å². The number of nitrogens with one attached hydrogen (secondary N) is 1. The third-order valence-corrected chi connectivity index (χ3v) is 3.79. The van der Waals surface area contributed by atoms with Crippen LogP contribution in [0.4, 0.5) is 11.4 Å². The predicted octanol–water partition coefficient (Wildman–Crippen LogP) is 4.57. The van der Waals surface area contributed by atoms with Crippen molar-refractivity contribution in [2.24, 2.45) is 0 Å². The summed E-state index contributed by atoms with van der Waals surface area (Å²) < 4.78 is 0. The summed E-state index contributed by atoms with van der Waals surface area (Å²) in [6, 6.07) is 15.0. The largest absolute Gasteiger partial charge is 0.481 e. The number of carboxylic acids is 1. The summed E-state index contributed by atoms with van der Waals surface area (Å²) in [6.07, 6.45) is -0.112. The molecule has 0 atom stereocenters. The van der Waals surface area contributed by atoms with Gasteiger partial charge in [0.25, 0.3) is 0 Å². The first-order valence-electron chi connectivity index (χ1n) is 7.16. The van der Waals surface area contributed by atoms with Crippen molar-refractivity contribution in [3.63, 3.8) is 0 Å². The Morgan fingerprint density at radius 2 is 1.96 bits per heavy atom. The zero-order valence-corrected chi connectivity index (χ0v) is 13.3. The molecule has 0 aliphatic heterocycles. The van der Waals surface area contributed by atoms with E-state index in [-0.39, 0.29) is 6.42 Å². The van der Waals surface area contributed by atoms with Gasteiger partial charge >= 0.3 is 5.97 Å². The van der Waals surface area contributed by atoms with E-state index in [2.05, 4.69) is 10.3 Å². The molecule has 0 unspecified atom stereocenters. The quantitative estimate of drug-likeness (QED) is 0.737. The molecule has 0 fully saturated rings. The van der Waals surface area contributed by atoms with Crippen LogP contribution in [0.3, 0.4) is 0 Å². The molecule has 0 spiro atoms. The fraction of sp³-hybridized carbons (Fsp3) is 0.111. The number of nitrogens with zero attached hydrogens (tertiary/aromatic N) is 1. The molecule has 0 saturated carbocycles. The lowest BCUT2D eigenvalue weighted by molar-refractivity contribution is -0.136. The van der Waals surface area contributed by atoms with Crippen LogP contribution in [0.5, 0.6) is 0 Å². The summed E-state index contributed by atoms with van der Waals surface area (Å²) in [5.74, 6) is -0.901. The van der Waals surface area contributed by atoms with E-state index >= 15 is 0 Å². The van der Waals surface area contributed by atoms with Crippen molar-refractivity contribution in [2.45, 2.75) is 13.3 Å². The zero-order valence-electron chi connectivity index (χ0n) is 12.5. The van der Waals surface area contributed by atoms with Crippen molar-refractivity contribution in [1.82, 2.24) is 4.98 Å². The molecule has 0 amide bonds. The lowest BCUT2D eigenvalue weighted by Gasteiger charge is -2.13. The van der Waals surface area contributed by atoms with E-state index in [4.69, 9.17) is 16.7 Å². The number of aromatic nitrogens is 1. The fourth-order valence-corrected chi connectivity index (χ4v) is 2.72. The number of hydrogen-bond donors (Lipinski definition) is 2. The second-order valence-corrected chi connectivity index (χ2v) is 5.77. The van der Waals surface area contributed by atoms with Crippen LogP contribution in [-0.2, 0) is 11.2 Å². The fourth-order valence-electron chi connectivity index (χ4n) is 2.49. The van der Waals surface area contributed by atoms with Crippen molar-refractivity contribution < 1.29 is 9.90 Å². The molecule has 116 valence electrons. The second-order valence-electron chi connectivity index (χ2n) is 5.33. The van der Waals surface area contributed by atoms with E-state index in [1.165, 1.54) is 0 Å². The number of pyridine rings is 1. The molecule has 3 rings (SSSR count). The number of rotatable bonds is 4. The van der Waals surface area contributed by atoms with Gasteiger partial charge in [-0.1, -0.05) is 29.8 Å². The van der Waals surface area contributed by atoms with Crippen molar-refractivity contribution in [3.05, 3.63) is 64.8 Å². The molecule has 0 aliphatic carbocycles. The normalized spacial score (nSPS) is 10.7. The van der Waals surface area contributed by atoms with Gasteiger partial charge in [0.15, 0.2) is 0 Å². The van der Waals surface area contributed by atoms with Crippen molar-refractivity contribution in [3.8, 4) is 0 Å². The molecule has 5 heteroatoms. The number of fused-ring (bicyclic) bond motifs is 1. The Labute approximate surface area is 138 Å². The molecular formula is C18H15ClN2O2. The number of carbonyl (C=O) groups is 1. The van der Waals surface area contributed by atoms with Crippen LogP contribution in [0.15, 0.2) is 48.5 Å². The summed E-state index contributed by atoms with van der Waals surface area (Å²) in [6.45, 7) is 1.97. The van der Waals surface area contributed by atoms with Crippen LogP contribution in [-0.4, -0.2) is 16.1 Å². The maximum absolute atomic E-state index is 11.0. The van der Waals surface area contributed by atoms with Gasteiger partial charge in [0.2, 0.25) is 0 Å². The average molecular weight is 327 g/mol. The average Bonchev–Trinajstić information content (AvgIpc) is 2.49. The molecular weight excluding hydrogens is 312 g/mol. The van der Waals surface area contributed by atoms with E-state index in [9.17, 15) is 4.79 Å². The summed E-state index contributed by atoms with van der Waals surface area (Å²) in [5, 5.41) is 14.0. The molecule has 0 bridgehead atoms. The molecule has 4 nitrogen and oxygen atoms in total. The number of para-hydroxylation sites is 1. The van der Waals surface area contributed by atoms with Gasteiger partial charge in [0.05, 0.1) is 17.6 Å². The highest BCUT2D eigenvalue weighted by Gasteiger charge is 2.10. The summed E-state index contributed by atoms with van der Waals surface area (Å²) >= 11 is 5.99. The molecule has 3 aromatic rings. The van der Waals surface area contributed by atoms with Gasteiger partial charge in [-0.3, -0.25) is 9.78 Å². The van der Waals surface area contributed by atoms with E-state index < -0.39 is 5.97 Å². The van der Waals surface area contributed by atoms with Crippen LogP contribution in [0.25, 0.3) is 10.9 Å². The smallest absolute Gasteiger partial charge is 0.309 e. The van der Waals surface area contributed by atoms with Crippen LogP contribution in [0, 0.1) is 6.92 Å². The van der Waals surface area contributed by atoms with Gasteiger partial charge < -0.3 is 10.4 Å². The van der Waals surface area contributed by atoms with Crippen molar-refractivity contribution in [2.75, 3.05) is 5.32 Å². The summed E-state index contributed by atoms with van der Waals surface area (Å²) in [7, 11) is 0. The van der Waals surface area contributed by atoms with E-state index in [0.29, 0.717) is 10.7 Å². The lowest BCUT2D eigenvalue weighted by Crippen LogP contribution is -2.04. The molecule has 0 aliphatic rings. The number of aryl methyl sites for hydroxylation is 1. The Bertz CT molecular complexity index is 893. The Kier molecular flexibility index (Phi) is 4.17. The third kappa shape index (κ3) is 3.43. The molecule has 23 heavy (non-hydrogen) atoms. The number of halogens is 1. The minimum Gasteiger partial charge on any atom is -0.481 e. The number of aliphatic carboxylic acids is 1. The summed E-state index contributed by atoms with van der Waals surface area (Å²) in [4.78, 5) is 15.4. The Hall–Kier alpha value is -2.59. The van der Waals surface area contributed by atoms with E-state index in [0.717, 1.165) is 27.8 Å². The molecule has 0 saturated heterocycles. The Balaban J connectivity index is 2.09. The van der Waals surface area contributed by atoms with Gasteiger partial charge in [0, 0.05) is 21.8 Å². The first-order chi connectivity index (χ1) is 11.0. The third-order valence-electron chi connectivity index (χ3n) is 3.56. The van der Waals surface area contributed by atoms with E-state index in [1.807, 2.05) is 49.4 Å². The minimum atomic E-state index is -0.901. The Morgan fingerprint density at radius 3 is 2.70 bits per heavy atom. The maximum atomic E-state index is 11.0. The van der Waals surface area contributed by atoms with Gasteiger partial charge in [-0.15, -0.1) is 0 Å². The predicted molar refractivity (Wildman–Crippen MR) is 92.6 cm³/mol. The zero-order chi connectivity index (χ0) is 16.4. The highest BCUT2D eigenvalue weighted by atomic mass is 35.5. The highest BCUT2D eigenvalue weighted by Crippen LogP contribution is 2.29.